The number of rotatable bonds is 7. The second-order valence-electron chi connectivity index (χ2n) is 20.3. The highest BCUT2D eigenvalue weighted by Gasteiger charge is 2.43. The van der Waals surface area contributed by atoms with Crippen molar-refractivity contribution in [3.8, 4) is 55.6 Å². The maximum atomic E-state index is 2.55. The van der Waals surface area contributed by atoms with E-state index in [1.54, 1.807) is 0 Å². The Morgan fingerprint density at radius 1 is 0.456 bits per heavy atom. The number of hydrogen-bond donors (Lipinski definition) is 0. The maximum Gasteiger partial charge on any atom is 0.0465 e. The molecule has 13 rings (SSSR count). The average molecular weight is 875 g/mol. The van der Waals surface area contributed by atoms with Gasteiger partial charge in [0.05, 0.1) is 0 Å². The van der Waals surface area contributed by atoms with Crippen LogP contribution in [0.5, 0.6) is 0 Å². The standard InChI is InChI=1S/C66H54N2/c1-65(2)58-23-15-22-52(47-18-9-6-10-19-47)64(58)57-42-60-56(41-61(57)65)53-39-38-51(40-59(53)66(60,3)4)67(48-32-30-46(31-33-48)45-28-26-44(27-29-45)43-16-7-5-8-17-43)49-34-36-50(37-35-49)68-62-24-13-11-20-54(62)55-21-12-14-25-63(55)68/h5-11,13,15-19,21-42,54H,12,14,20H2,1-4H3. The van der Waals surface area contributed by atoms with E-state index in [1.807, 2.05) is 0 Å². The summed E-state index contributed by atoms with van der Waals surface area (Å²) in [4.78, 5) is 4.97. The van der Waals surface area contributed by atoms with Gasteiger partial charge in [0.2, 0.25) is 0 Å². The van der Waals surface area contributed by atoms with Crippen LogP contribution in [-0.2, 0) is 10.8 Å². The van der Waals surface area contributed by atoms with Crippen LogP contribution in [0.15, 0.2) is 229 Å². The molecule has 0 bridgehead atoms. The van der Waals surface area contributed by atoms with Gasteiger partial charge < -0.3 is 9.80 Å². The van der Waals surface area contributed by atoms with Crippen LogP contribution >= 0.6 is 0 Å². The highest BCUT2D eigenvalue weighted by atomic mass is 15.2. The molecule has 1 heterocycles. The summed E-state index contributed by atoms with van der Waals surface area (Å²) < 4.78 is 0. The summed E-state index contributed by atoms with van der Waals surface area (Å²) in [7, 11) is 0. The number of benzene rings is 8. The summed E-state index contributed by atoms with van der Waals surface area (Å²) in [6.07, 6.45) is 15.1. The van der Waals surface area contributed by atoms with Crippen LogP contribution in [0.4, 0.5) is 22.7 Å². The van der Waals surface area contributed by atoms with Crippen LogP contribution in [0.1, 0.15) is 69.2 Å². The molecule has 0 spiro atoms. The highest BCUT2D eigenvalue weighted by Crippen LogP contribution is 2.58. The average Bonchev–Trinajstić information content (AvgIpc) is 3.93. The van der Waals surface area contributed by atoms with Gasteiger partial charge in [0.1, 0.15) is 0 Å². The Kier molecular flexibility index (Phi) is 9.21. The Morgan fingerprint density at radius 3 is 1.72 bits per heavy atom. The van der Waals surface area contributed by atoms with Crippen molar-refractivity contribution in [2.24, 2.45) is 5.92 Å². The molecule has 68 heavy (non-hydrogen) atoms. The molecule has 1 unspecified atom stereocenters. The molecule has 2 heteroatoms. The predicted octanol–water partition coefficient (Wildman–Crippen LogP) is 17.7. The minimum absolute atomic E-state index is 0.123. The van der Waals surface area contributed by atoms with Crippen molar-refractivity contribution in [1.29, 1.82) is 0 Å². The molecule has 0 saturated carbocycles. The van der Waals surface area contributed by atoms with E-state index in [0.29, 0.717) is 5.92 Å². The molecule has 0 aromatic heterocycles. The zero-order chi connectivity index (χ0) is 45.7. The minimum Gasteiger partial charge on any atom is -0.314 e. The Morgan fingerprint density at radius 2 is 1.01 bits per heavy atom. The first-order valence-electron chi connectivity index (χ1n) is 24.5. The van der Waals surface area contributed by atoms with Crippen molar-refractivity contribution in [1.82, 2.24) is 0 Å². The van der Waals surface area contributed by atoms with E-state index in [2.05, 4.69) is 250 Å². The lowest BCUT2D eigenvalue weighted by atomic mass is 9.79. The van der Waals surface area contributed by atoms with Crippen LogP contribution in [0.2, 0.25) is 0 Å². The van der Waals surface area contributed by atoms with Gasteiger partial charge in [-0.15, -0.1) is 0 Å². The van der Waals surface area contributed by atoms with Gasteiger partial charge in [-0.1, -0.05) is 173 Å². The van der Waals surface area contributed by atoms with E-state index in [4.69, 9.17) is 0 Å². The first-order chi connectivity index (χ1) is 33.2. The van der Waals surface area contributed by atoms with Crippen molar-refractivity contribution in [2.45, 2.75) is 57.8 Å². The smallest absolute Gasteiger partial charge is 0.0465 e. The minimum atomic E-state index is -0.219. The first-order valence-corrected chi connectivity index (χ1v) is 24.5. The van der Waals surface area contributed by atoms with Gasteiger partial charge in [0.25, 0.3) is 0 Å². The SMILES string of the molecule is CC1(C)c2cc(N(c3ccc(-c4ccc(-c5ccccc5)cc4)cc3)c3ccc(N4C5=CCCC=C5C5CC=CC=C54)cc3)ccc2-c2cc3c(cc21)-c1c(-c2ccccc2)cccc1C3(C)C. The van der Waals surface area contributed by atoms with Crippen molar-refractivity contribution < 1.29 is 0 Å². The van der Waals surface area contributed by atoms with E-state index in [-0.39, 0.29) is 10.8 Å². The molecule has 1 aliphatic heterocycles. The van der Waals surface area contributed by atoms with Gasteiger partial charge in [0.15, 0.2) is 0 Å². The van der Waals surface area contributed by atoms with Crippen LogP contribution in [0, 0.1) is 5.92 Å². The van der Waals surface area contributed by atoms with Crippen LogP contribution < -0.4 is 9.80 Å². The Bertz CT molecular complexity index is 3440. The van der Waals surface area contributed by atoms with Gasteiger partial charge in [-0.2, -0.15) is 0 Å². The predicted molar refractivity (Wildman–Crippen MR) is 286 cm³/mol. The van der Waals surface area contributed by atoms with Crippen molar-refractivity contribution >= 4 is 22.7 Å². The molecule has 8 aromatic carbocycles. The fourth-order valence-electron chi connectivity index (χ4n) is 12.3. The Labute approximate surface area is 401 Å². The molecular weight excluding hydrogens is 821 g/mol. The van der Waals surface area contributed by atoms with E-state index >= 15 is 0 Å². The van der Waals surface area contributed by atoms with Gasteiger partial charge in [-0.3, -0.25) is 0 Å². The molecule has 1 atom stereocenters. The molecular formula is C66H54N2. The number of nitrogens with zero attached hydrogens (tertiary/aromatic N) is 2. The van der Waals surface area contributed by atoms with E-state index in [1.165, 1.54) is 101 Å². The van der Waals surface area contributed by atoms with Gasteiger partial charge in [-0.05, 0) is 169 Å². The fourth-order valence-corrected chi connectivity index (χ4v) is 12.3. The quantitative estimate of drug-likeness (QED) is 0.157. The molecule has 1 saturated heterocycles. The summed E-state index contributed by atoms with van der Waals surface area (Å²) >= 11 is 0. The summed E-state index contributed by atoms with van der Waals surface area (Å²) in [5.41, 5.74) is 27.0. The van der Waals surface area contributed by atoms with Gasteiger partial charge in [-0.25, -0.2) is 0 Å². The van der Waals surface area contributed by atoms with E-state index in [9.17, 15) is 0 Å². The third-order valence-electron chi connectivity index (χ3n) is 15.8. The lowest BCUT2D eigenvalue weighted by molar-refractivity contribution is 0.652. The second kappa shape index (κ2) is 15.4. The molecule has 0 N–H and O–H groups in total. The largest absolute Gasteiger partial charge is 0.314 e. The summed E-state index contributed by atoms with van der Waals surface area (Å²) in [5.74, 6) is 0.433. The lowest BCUT2D eigenvalue weighted by Gasteiger charge is -2.29. The number of fused-ring (bicyclic) bond motifs is 9. The summed E-state index contributed by atoms with van der Waals surface area (Å²) in [6, 6.07) is 68.2. The normalized spacial score (nSPS) is 17.5. The third-order valence-corrected chi connectivity index (χ3v) is 15.8. The van der Waals surface area contributed by atoms with E-state index < -0.39 is 0 Å². The molecule has 0 amide bonds. The number of anilines is 4. The van der Waals surface area contributed by atoms with Crippen LogP contribution in [0.25, 0.3) is 55.6 Å². The molecule has 2 nitrogen and oxygen atoms in total. The number of allylic oxidation sites excluding steroid dienone is 7. The molecule has 328 valence electrons. The lowest BCUT2D eigenvalue weighted by Crippen LogP contribution is -2.18. The maximum absolute atomic E-state index is 2.55. The fraction of sp³-hybridized carbons (Fsp3) is 0.152. The monoisotopic (exact) mass is 874 g/mol. The zero-order valence-electron chi connectivity index (χ0n) is 39.3. The molecule has 1 fully saturated rings. The second-order valence-corrected chi connectivity index (χ2v) is 20.3. The molecule has 8 aromatic rings. The zero-order valence-corrected chi connectivity index (χ0v) is 39.3. The Balaban J connectivity index is 0.903. The highest BCUT2D eigenvalue weighted by molar-refractivity contribution is 5.96. The topological polar surface area (TPSA) is 6.48 Å². The van der Waals surface area contributed by atoms with Crippen molar-refractivity contribution in [2.75, 3.05) is 9.80 Å². The van der Waals surface area contributed by atoms with Crippen LogP contribution in [0.3, 0.4) is 0 Å². The first kappa shape index (κ1) is 40.6. The number of hydrogen-bond acceptors (Lipinski definition) is 2. The summed E-state index contributed by atoms with van der Waals surface area (Å²) in [6.45, 7) is 9.67. The van der Waals surface area contributed by atoms with Crippen molar-refractivity contribution in [3.63, 3.8) is 0 Å². The molecule has 5 aliphatic rings. The van der Waals surface area contributed by atoms with Crippen molar-refractivity contribution in [3.05, 3.63) is 252 Å². The van der Waals surface area contributed by atoms with Crippen LogP contribution in [-0.4, -0.2) is 0 Å². The van der Waals surface area contributed by atoms with Gasteiger partial charge in [0, 0.05) is 50.9 Å². The molecule has 0 radical (unpaired) electrons. The Hall–Kier alpha value is -7.68. The van der Waals surface area contributed by atoms with E-state index in [0.717, 1.165) is 36.3 Å². The third kappa shape index (κ3) is 6.23. The molecule has 4 aliphatic carbocycles. The summed E-state index contributed by atoms with van der Waals surface area (Å²) in [5, 5.41) is 0. The van der Waals surface area contributed by atoms with Gasteiger partial charge >= 0.3 is 0 Å².